The lowest BCUT2D eigenvalue weighted by atomic mass is 10.0. The highest BCUT2D eigenvalue weighted by Gasteiger charge is 2.26. The van der Waals surface area contributed by atoms with Gasteiger partial charge in [-0.1, -0.05) is 6.58 Å². The van der Waals surface area contributed by atoms with E-state index in [1.54, 1.807) is 22.8 Å². The first-order valence-corrected chi connectivity index (χ1v) is 11.5. The van der Waals surface area contributed by atoms with Crippen molar-refractivity contribution >= 4 is 33.3 Å². The van der Waals surface area contributed by atoms with Crippen molar-refractivity contribution in [2.75, 3.05) is 13.1 Å². The van der Waals surface area contributed by atoms with Crippen LogP contribution in [0.2, 0.25) is 0 Å². The van der Waals surface area contributed by atoms with E-state index in [2.05, 4.69) is 16.5 Å². The van der Waals surface area contributed by atoms with E-state index in [4.69, 9.17) is 4.98 Å². The Labute approximate surface area is 187 Å². The molecule has 8 nitrogen and oxygen atoms in total. The Morgan fingerprint density at radius 3 is 2.75 bits per heavy atom. The highest BCUT2D eigenvalue weighted by atomic mass is 32.1. The summed E-state index contributed by atoms with van der Waals surface area (Å²) in [5, 5.41) is 14.2. The van der Waals surface area contributed by atoms with Crippen LogP contribution in [0.15, 0.2) is 57.0 Å². The predicted octanol–water partition coefficient (Wildman–Crippen LogP) is 2.89. The molecule has 5 heterocycles. The molecule has 0 aromatic carbocycles. The lowest BCUT2D eigenvalue weighted by Gasteiger charge is -2.36. The summed E-state index contributed by atoms with van der Waals surface area (Å²) in [5.74, 6) is 0. The van der Waals surface area contributed by atoms with Gasteiger partial charge in [0.15, 0.2) is 0 Å². The summed E-state index contributed by atoms with van der Waals surface area (Å²) >= 11 is 1.58. The van der Waals surface area contributed by atoms with Gasteiger partial charge in [0.05, 0.1) is 28.2 Å². The minimum absolute atomic E-state index is 0.114. The molecule has 0 spiro atoms. The highest BCUT2D eigenvalue weighted by molar-refractivity contribution is 7.08. The lowest BCUT2D eigenvalue weighted by molar-refractivity contribution is 0.151. The third-order valence-electron chi connectivity index (χ3n) is 6.15. The molecule has 0 bridgehead atoms. The highest BCUT2D eigenvalue weighted by Crippen LogP contribution is 2.30. The molecule has 4 aromatic heterocycles. The Kier molecular flexibility index (Phi) is 5.15. The van der Waals surface area contributed by atoms with Gasteiger partial charge in [0.25, 0.3) is 5.56 Å². The SMILES string of the molecule is C=C([C@@H](C)O)N1CCC(n2c(=O)[nH]c(=O)c3cnc4ccc(-c5ccsc5)nc4c32)CC1. The average Bonchev–Trinajstić information content (AvgIpc) is 3.33. The number of thiophene rings is 1. The quantitative estimate of drug-likeness (QED) is 0.464. The Morgan fingerprint density at radius 2 is 2.06 bits per heavy atom. The third-order valence-corrected chi connectivity index (χ3v) is 6.83. The van der Waals surface area contributed by atoms with Crippen LogP contribution in [0.3, 0.4) is 0 Å². The number of nitrogens with zero attached hydrogens (tertiary/aromatic N) is 4. The minimum atomic E-state index is -0.613. The number of pyridine rings is 2. The van der Waals surface area contributed by atoms with E-state index >= 15 is 0 Å². The van der Waals surface area contributed by atoms with Gasteiger partial charge in [0.1, 0.15) is 5.52 Å². The molecule has 0 amide bonds. The van der Waals surface area contributed by atoms with Crippen LogP contribution < -0.4 is 11.2 Å². The molecule has 1 saturated heterocycles. The maximum Gasteiger partial charge on any atom is 0.329 e. The van der Waals surface area contributed by atoms with Crippen molar-refractivity contribution in [3.05, 3.63) is 68.3 Å². The van der Waals surface area contributed by atoms with Gasteiger partial charge < -0.3 is 10.0 Å². The number of hydrogen-bond acceptors (Lipinski definition) is 7. The van der Waals surface area contributed by atoms with E-state index in [-0.39, 0.29) is 6.04 Å². The Bertz CT molecular complexity index is 1430. The maximum atomic E-state index is 13.0. The second-order valence-corrected chi connectivity index (χ2v) is 8.89. The molecule has 0 unspecified atom stereocenters. The van der Waals surface area contributed by atoms with Crippen LogP contribution in [0.25, 0.3) is 33.2 Å². The van der Waals surface area contributed by atoms with Crippen LogP contribution in [0.4, 0.5) is 0 Å². The summed E-state index contributed by atoms with van der Waals surface area (Å²) in [5.41, 5.74) is 3.24. The Balaban J connectivity index is 1.67. The molecule has 164 valence electrons. The van der Waals surface area contributed by atoms with Crippen molar-refractivity contribution in [1.29, 1.82) is 0 Å². The number of aliphatic hydroxyl groups is 1. The predicted molar refractivity (Wildman–Crippen MR) is 126 cm³/mol. The summed E-state index contributed by atoms with van der Waals surface area (Å²) in [6.07, 6.45) is 2.27. The van der Waals surface area contributed by atoms with E-state index in [1.807, 2.05) is 33.9 Å². The minimum Gasteiger partial charge on any atom is -0.387 e. The molecule has 4 aromatic rings. The molecule has 0 saturated carbocycles. The molecule has 2 N–H and O–H groups in total. The number of aromatic amines is 1. The molecule has 0 aliphatic carbocycles. The number of nitrogens with one attached hydrogen (secondary N) is 1. The monoisotopic (exact) mass is 449 g/mol. The summed E-state index contributed by atoms with van der Waals surface area (Å²) < 4.78 is 1.67. The van der Waals surface area contributed by atoms with Crippen molar-refractivity contribution in [2.45, 2.75) is 31.9 Å². The first-order valence-electron chi connectivity index (χ1n) is 10.5. The summed E-state index contributed by atoms with van der Waals surface area (Å²) in [6, 6.07) is 5.65. The summed E-state index contributed by atoms with van der Waals surface area (Å²) in [6.45, 7) is 7.00. The fraction of sp³-hybridized carbons (Fsp3) is 0.304. The van der Waals surface area contributed by atoms with Crippen molar-refractivity contribution in [2.24, 2.45) is 0 Å². The van der Waals surface area contributed by atoms with Gasteiger partial charge in [-0.25, -0.2) is 9.78 Å². The van der Waals surface area contributed by atoms with Gasteiger partial charge in [-0.3, -0.25) is 19.3 Å². The van der Waals surface area contributed by atoms with Crippen LogP contribution in [0.1, 0.15) is 25.8 Å². The number of aliphatic hydroxyl groups excluding tert-OH is 1. The molecule has 9 heteroatoms. The second kappa shape index (κ2) is 7.99. The first-order chi connectivity index (χ1) is 15.4. The fourth-order valence-electron chi connectivity index (χ4n) is 4.38. The molecule has 1 aliphatic rings. The number of aromatic nitrogens is 4. The average molecular weight is 450 g/mol. The van der Waals surface area contributed by atoms with Gasteiger partial charge in [-0.15, -0.1) is 0 Å². The van der Waals surface area contributed by atoms with Gasteiger partial charge >= 0.3 is 5.69 Å². The van der Waals surface area contributed by atoms with Gasteiger partial charge in [-0.05, 0) is 43.3 Å². The number of H-pyrrole nitrogens is 1. The topological polar surface area (TPSA) is 104 Å². The summed E-state index contributed by atoms with van der Waals surface area (Å²) in [7, 11) is 0. The number of likely N-dealkylation sites (tertiary alicyclic amines) is 1. The number of rotatable bonds is 4. The van der Waals surface area contributed by atoms with Crippen LogP contribution in [0, 0.1) is 0 Å². The van der Waals surface area contributed by atoms with E-state index in [1.165, 1.54) is 6.20 Å². The zero-order chi connectivity index (χ0) is 22.4. The molecule has 1 atom stereocenters. The van der Waals surface area contributed by atoms with E-state index in [0.717, 1.165) is 11.3 Å². The molecule has 0 radical (unpaired) electrons. The lowest BCUT2D eigenvalue weighted by Crippen LogP contribution is -2.40. The van der Waals surface area contributed by atoms with E-state index in [9.17, 15) is 14.7 Å². The molecule has 5 rings (SSSR count). The van der Waals surface area contributed by atoms with Crippen LogP contribution in [-0.2, 0) is 0 Å². The van der Waals surface area contributed by atoms with E-state index in [0.29, 0.717) is 53.6 Å². The zero-order valence-electron chi connectivity index (χ0n) is 17.6. The smallest absolute Gasteiger partial charge is 0.329 e. The number of fused-ring (bicyclic) bond motifs is 3. The van der Waals surface area contributed by atoms with Crippen molar-refractivity contribution in [3.63, 3.8) is 0 Å². The van der Waals surface area contributed by atoms with Gasteiger partial charge in [0.2, 0.25) is 0 Å². The fourth-order valence-corrected chi connectivity index (χ4v) is 5.03. The van der Waals surface area contributed by atoms with E-state index < -0.39 is 17.4 Å². The molecular formula is C23H23N5O3S. The molecule has 1 aliphatic heterocycles. The van der Waals surface area contributed by atoms with Gasteiger partial charge in [-0.2, -0.15) is 11.3 Å². The number of hydrogen-bond donors (Lipinski definition) is 2. The summed E-state index contributed by atoms with van der Waals surface area (Å²) in [4.78, 5) is 39.4. The standard InChI is InChI=1S/C23H23N5O3S/c1-13(14(2)29)27-8-5-16(6-9-27)28-21-17(22(30)26-23(28)31)11-24-19-4-3-18(25-20(19)21)15-7-10-32-12-15/h3-4,7,10-12,14,16,29H,1,5-6,8-9H2,2H3,(H,26,30,31)/t14-/m1/s1. The maximum absolute atomic E-state index is 13.0. The van der Waals surface area contributed by atoms with Crippen LogP contribution >= 0.6 is 11.3 Å². The second-order valence-electron chi connectivity index (χ2n) is 8.11. The van der Waals surface area contributed by atoms with Crippen molar-refractivity contribution < 1.29 is 5.11 Å². The zero-order valence-corrected chi connectivity index (χ0v) is 18.4. The molecule has 32 heavy (non-hydrogen) atoms. The Hall–Kier alpha value is -3.30. The largest absolute Gasteiger partial charge is 0.387 e. The first kappa shape index (κ1) is 20.6. The Morgan fingerprint density at radius 1 is 1.28 bits per heavy atom. The van der Waals surface area contributed by atoms with Crippen LogP contribution in [0.5, 0.6) is 0 Å². The van der Waals surface area contributed by atoms with Gasteiger partial charge in [0, 0.05) is 42.0 Å². The molecule has 1 fully saturated rings. The van der Waals surface area contributed by atoms with Crippen LogP contribution in [-0.4, -0.2) is 48.7 Å². The number of piperidine rings is 1. The third kappa shape index (κ3) is 3.43. The van der Waals surface area contributed by atoms with Crippen molar-refractivity contribution in [1.82, 2.24) is 24.4 Å². The molecular weight excluding hydrogens is 426 g/mol. The normalized spacial score (nSPS) is 16.0. The van der Waals surface area contributed by atoms with Crippen molar-refractivity contribution in [3.8, 4) is 11.3 Å².